The van der Waals surface area contributed by atoms with Crippen molar-refractivity contribution in [2.24, 2.45) is 5.73 Å². The van der Waals surface area contributed by atoms with Crippen molar-refractivity contribution in [3.05, 3.63) is 0 Å². The first-order valence-corrected chi connectivity index (χ1v) is 7.73. The van der Waals surface area contributed by atoms with Gasteiger partial charge in [-0.1, -0.05) is 19.3 Å². The lowest BCUT2D eigenvalue weighted by Gasteiger charge is -2.25. The van der Waals surface area contributed by atoms with E-state index < -0.39 is 16.0 Å². The number of carbonyl (C=O) groups is 1. The molecule has 1 fully saturated rings. The Labute approximate surface area is 106 Å². The van der Waals surface area contributed by atoms with E-state index in [0.717, 1.165) is 12.8 Å². The van der Waals surface area contributed by atoms with Crippen LogP contribution in [0.3, 0.4) is 0 Å². The molecule has 3 atom stereocenters. The Morgan fingerprint density at radius 2 is 1.94 bits per heavy atom. The van der Waals surface area contributed by atoms with Gasteiger partial charge >= 0.3 is 0 Å². The average molecular weight is 260 g/mol. The van der Waals surface area contributed by atoms with Gasteiger partial charge in [0, 0.05) is 28.6 Å². The van der Waals surface area contributed by atoms with E-state index >= 15 is 0 Å². The molecule has 3 unspecified atom stereocenters. The molecule has 0 radical (unpaired) electrons. The molecule has 1 rings (SSSR count). The average Bonchev–Trinajstić information content (AvgIpc) is 2.37. The van der Waals surface area contributed by atoms with Crippen molar-refractivity contribution in [3.8, 4) is 0 Å². The maximum atomic E-state index is 11.9. The van der Waals surface area contributed by atoms with E-state index in [-0.39, 0.29) is 17.2 Å². The Balaban J connectivity index is 2.43. The van der Waals surface area contributed by atoms with Crippen LogP contribution in [0.5, 0.6) is 0 Å². The zero-order valence-corrected chi connectivity index (χ0v) is 11.6. The van der Waals surface area contributed by atoms with E-state index in [1.54, 1.807) is 6.92 Å². The third kappa shape index (κ3) is 4.39. The molecule has 1 aliphatic rings. The maximum absolute atomic E-state index is 11.9. The summed E-state index contributed by atoms with van der Waals surface area (Å²) in [4.78, 5) is 11.9. The summed E-state index contributed by atoms with van der Waals surface area (Å²) in [5, 5.41) is 2.42. The van der Waals surface area contributed by atoms with Gasteiger partial charge in [-0.3, -0.25) is 9.00 Å². The zero-order chi connectivity index (χ0) is 12.8. The number of rotatable bonds is 5. The quantitative estimate of drug-likeness (QED) is 0.772. The molecule has 1 amide bonds. The molecule has 4 nitrogen and oxygen atoms in total. The molecule has 3 N–H and O–H groups in total. The Morgan fingerprint density at radius 3 is 2.47 bits per heavy atom. The van der Waals surface area contributed by atoms with Gasteiger partial charge in [-0.2, -0.15) is 0 Å². The van der Waals surface area contributed by atoms with Crippen LogP contribution in [0.15, 0.2) is 0 Å². The fraction of sp³-hybridized carbons (Fsp3) is 0.917. The molecule has 0 aromatic carbocycles. The Kier molecular flexibility index (Phi) is 6.12. The van der Waals surface area contributed by atoms with E-state index in [4.69, 9.17) is 5.73 Å². The molecular weight excluding hydrogens is 236 g/mol. The summed E-state index contributed by atoms with van der Waals surface area (Å²) in [5.41, 5.74) is 5.47. The fourth-order valence-corrected chi connectivity index (χ4v) is 3.28. The molecule has 17 heavy (non-hydrogen) atoms. The molecule has 100 valence electrons. The Morgan fingerprint density at radius 1 is 1.35 bits per heavy atom. The number of nitrogens with one attached hydrogen (secondary N) is 1. The van der Waals surface area contributed by atoms with Crippen molar-refractivity contribution in [2.45, 2.75) is 62.5 Å². The van der Waals surface area contributed by atoms with Crippen LogP contribution >= 0.6 is 0 Å². The lowest BCUT2D eigenvalue weighted by atomic mass is 9.95. The van der Waals surface area contributed by atoms with E-state index in [1.165, 1.54) is 19.3 Å². The third-order valence-electron chi connectivity index (χ3n) is 3.40. The summed E-state index contributed by atoms with van der Waals surface area (Å²) in [5.74, 6) is -0.0875. The van der Waals surface area contributed by atoms with Gasteiger partial charge in [-0.15, -0.1) is 0 Å². The van der Waals surface area contributed by atoms with Gasteiger partial charge in [0.2, 0.25) is 5.91 Å². The minimum atomic E-state index is -1.18. The summed E-state index contributed by atoms with van der Waals surface area (Å²) in [6.07, 6.45) is 5.73. The summed E-state index contributed by atoms with van der Waals surface area (Å²) in [6, 6.07) is 0.281. The van der Waals surface area contributed by atoms with Gasteiger partial charge in [0.05, 0.1) is 0 Å². The second-order valence-electron chi connectivity index (χ2n) is 4.86. The van der Waals surface area contributed by atoms with E-state index in [2.05, 4.69) is 5.32 Å². The standard InChI is InChI=1S/C12H24N2O2S/c1-9(8-13)17(16)10(2)12(15)14-11-6-4-3-5-7-11/h9-11H,3-8,13H2,1-2H3,(H,14,15). The first-order valence-electron chi connectivity index (χ1n) is 6.46. The number of amides is 1. The smallest absolute Gasteiger partial charge is 0.235 e. The van der Waals surface area contributed by atoms with Gasteiger partial charge in [0.15, 0.2) is 0 Å². The second kappa shape index (κ2) is 7.11. The molecule has 0 heterocycles. The summed E-state index contributed by atoms with van der Waals surface area (Å²) in [7, 11) is -1.18. The van der Waals surface area contributed by atoms with E-state index in [9.17, 15) is 9.00 Å². The van der Waals surface area contributed by atoms with Crippen LogP contribution in [-0.2, 0) is 15.6 Å². The fourth-order valence-electron chi connectivity index (χ4n) is 2.11. The number of nitrogens with two attached hydrogens (primary N) is 1. The van der Waals surface area contributed by atoms with Crippen LogP contribution in [0.4, 0.5) is 0 Å². The van der Waals surface area contributed by atoms with Crippen molar-refractivity contribution < 1.29 is 9.00 Å². The monoisotopic (exact) mass is 260 g/mol. The van der Waals surface area contributed by atoms with Gasteiger partial charge in [0.1, 0.15) is 5.25 Å². The maximum Gasteiger partial charge on any atom is 0.235 e. The number of carbonyl (C=O) groups excluding carboxylic acids is 1. The highest BCUT2D eigenvalue weighted by atomic mass is 32.2. The lowest BCUT2D eigenvalue weighted by molar-refractivity contribution is -0.121. The second-order valence-corrected chi connectivity index (χ2v) is 7.03. The van der Waals surface area contributed by atoms with Gasteiger partial charge < -0.3 is 11.1 Å². The van der Waals surface area contributed by atoms with Crippen molar-refractivity contribution in [1.29, 1.82) is 0 Å². The molecule has 0 saturated heterocycles. The zero-order valence-electron chi connectivity index (χ0n) is 10.8. The van der Waals surface area contributed by atoms with E-state index in [1.807, 2.05) is 6.92 Å². The molecule has 0 aromatic rings. The number of hydrogen-bond donors (Lipinski definition) is 2. The summed E-state index contributed by atoms with van der Waals surface area (Å²) < 4.78 is 11.9. The van der Waals surface area contributed by atoms with Crippen LogP contribution in [0.1, 0.15) is 46.0 Å². The topological polar surface area (TPSA) is 72.2 Å². The Hall–Kier alpha value is -0.420. The molecule has 0 bridgehead atoms. The highest BCUT2D eigenvalue weighted by molar-refractivity contribution is 7.87. The summed E-state index contributed by atoms with van der Waals surface area (Å²) in [6.45, 7) is 3.90. The van der Waals surface area contributed by atoms with Crippen LogP contribution in [0, 0.1) is 0 Å². The predicted octanol–water partition coefficient (Wildman–Crippen LogP) is 0.920. The molecule has 5 heteroatoms. The van der Waals surface area contributed by atoms with Crippen molar-refractivity contribution >= 4 is 16.7 Å². The van der Waals surface area contributed by atoms with Crippen molar-refractivity contribution in [2.75, 3.05) is 6.54 Å². The van der Waals surface area contributed by atoms with Crippen LogP contribution < -0.4 is 11.1 Å². The molecule has 0 aliphatic heterocycles. The molecule has 1 saturated carbocycles. The highest BCUT2D eigenvalue weighted by Gasteiger charge is 2.26. The third-order valence-corrected chi connectivity index (χ3v) is 5.29. The van der Waals surface area contributed by atoms with Gasteiger partial charge in [-0.05, 0) is 26.7 Å². The minimum Gasteiger partial charge on any atom is -0.352 e. The Bertz CT molecular complexity index is 278. The molecule has 0 aromatic heterocycles. The van der Waals surface area contributed by atoms with Crippen LogP contribution in [-0.4, -0.2) is 33.2 Å². The lowest BCUT2D eigenvalue weighted by Crippen LogP contribution is -2.44. The van der Waals surface area contributed by atoms with Crippen LogP contribution in [0.25, 0.3) is 0 Å². The largest absolute Gasteiger partial charge is 0.352 e. The minimum absolute atomic E-state index is 0.0875. The predicted molar refractivity (Wildman–Crippen MR) is 71.1 cm³/mol. The molecular formula is C12H24N2O2S. The van der Waals surface area contributed by atoms with E-state index in [0.29, 0.717) is 6.54 Å². The molecule has 0 spiro atoms. The van der Waals surface area contributed by atoms with Gasteiger partial charge in [0.25, 0.3) is 0 Å². The van der Waals surface area contributed by atoms with Crippen molar-refractivity contribution in [1.82, 2.24) is 5.32 Å². The highest BCUT2D eigenvalue weighted by Crippen LogP contribution is 2.17. The first kappa shape index (κ1) is 14.6. The summed E-state index contributed by atoms with van der Waals surface area (Å²) >= 11 is 0. The first-order chi connectivity index (χ1) is 8.06. The number of hydrogen-bond acceptors (Lipinski definition) is 3. The van der Waals surface area contributed by atoms with Gasteiger partial charge in [-0.25, -0.2) is 0 Å². The van der Waals surface area contributed by atoms with Crippen molar-refractivity contribution in [3.63, 3.8) is 0 Å². The molecule has 1 aliphatic carbocycles. The SMILES string of the molecule is CC(CN)S(=O)C(C)C(=O)NC1CCCCC1. The van der Waals surface area contributed by atoms with Crippen LogP contribution in [0.2, 0.25) is 0 Å². The normalized spacial score (nSPS) is 22.8.